The number of hydrogen-bond donors (Lipinski definition) is 0. The van der Waals surface area contributed by atoms with Crippen molar-refractivity contribution in [2.24, 2.45) is 5.92 Å². The molecule has 0 saturated carbocycles. The third kappa shape index (κ3) is 4.27. The van der Waals surface area contributed by atoms with Gasteiger partial charge in [0.05, 0.1) is 6.20 Å². The highest BCUT2D eigenvalue weighted by Gasteiger charge is 2.25. The van der Waals surface area contributed by atoms with E-state index in [9.17, 15) is 4.79 Å². The molecule has 3 aromatic rings. The zero-order chi connectivity index (χ0) is 18.6. The molecule has 1 atom stereocenters. The minimum absolute atomic E-state index is 0.0939. The third-order valence-electron chi connectivity index (χ3n) is 4.99. The van der Waals surface area contributed by atoms with Gasteiger partial charge in [0, 0.05) is 23.1 Å². The molecule has 2 aromatic carbocycles. The molecular formula is C21H21BrN4O. The van der Waals surface area contributed by atoms with Crippen molar-refractivity contribution in [3.8, 4) is 11.3 Å². The standard InChI is InChI=1S/C21H21BrN4O/c22-19-10-8-18(9-11-19)20-15-26(24-23-20)21(27)25-12-4-7-17(14-25)13-16-5-2-1-3-6-16/h1-3,5-6,8-11,15,17H,4,7,12-14H2. The number of carbonyl (C=O) groups is 1. The smallest absolute Gasteiger partial charge is 0.323 e. The van der Waals surface area contributed by atoms with Crippen LogP contribution in [0.2, 0.25) is 0 Å². The van der Waals surface area contributed by atoms with Gasteiger partial charge in [0.25, 0.3) is 0 Å². The molecule has 0 aliphatic carbocycles. The summed E-state index contributed by atoms with van der Waals surface area (Å²) in [5.41, 5.74) is 2.97. The summed E-state index contributed by atoms with van der Waals surface area (Å²) in [6, 6.07) is 18.2. The molecule has 2 heterocycles. The van der Waals surface area contributed by atoms with Crippen molar-refractivity contribution in [2.45, 2.75) is 19.3 Å². The van der Waals surface area contributed by atoms with Gasteiger partial charge in [-0.05, 0) is 42.9 Å². The summed E-state index contributed by atoms with van der Waals surface area (Å²) in [5.74, 6) is 0.486. The molecule has 1 fully saturated rings. The van der Waals surface area contributed by atoms with Crippen LogP contribution in [0.15, 0.2) is 65.3 Å². The molecule has 5 nitrogen and oxygen atoms in total. The second-order valence-electron chi connectivity index (χ2n) is 6.98. The van der Waals surface area contributed by atoms with E-state index >= 15 is 0 Å². The monoisotopic (exact) mass is 424 g/mol. The Hall–Kier alpha value is -2.47. The minimum atomic E-state index is -0.0939. The van der Waals surface area contributed by atoms with Gasteiger partial charge in [0.15, 0.2) is 0 Å². The van der Waals surface area contributed by atoms with Crippen molar-refractivity contribution in [1.29, 1.82) is 0 Å². The van der Waals surface area contributed by atoms with Crippen LogP contribution in [0.1, 0.15) is 18.4 Å². The SMILES string of the molecule is O=C(N1CCCC(Cc2ccccc2)C1)n1cc(-c2ccc(Br)cc2)nn1. The van der Waals surface area contributed by atoms with Gasteiger partial charge in [0.2, 0.25) is 0 Å². The van der Waals surface area contributed by atoms with Crippen molar-refractivity contribution in [1.82, 2.24) is 19.9 Å². The third-order valence-corrected chi connectivity index (χ3v) is 5.51. The molecule has 1 aliphatic rings. The average Bonchev–Trinajstić information content (AvgIpc) is 3.19. The van der Waals surface area contributed by atoms with Crippen molar-refractivity contribution in [2.75, 3.05) is 13.1 Å². The van der Waals surface area contributed by atoms with Gasteiger partial charge in [-0.2, -0.15) is 4.68 Å². The Morgan fingerprint density at radius 1 is 1.11 bits per heavy atom. The zero-order valence-electron chi connectivity index (χ0n) is 15.0. The molecule has 0 spiro atoms. The van der Waals surface area contributed by atoms with E-state index in [-0.39, 0.29) is 6.03 Å². The summed E-state index contributed by atoms with van der Waals surface area (Å²) >= 11 is 3.43. The van der Waals surface area contributed by atoms with Crippen molar-refractivity contribution < 1.29 is 4.79 Å². The molecule has 1 amide bonds. The van der Waals surface area contributed by atoms with Crippen molar-refractivity contribution in [3.63, 3.8) is 0 Å². The van der Waals surface area contributed by atoms with Crippen LogP contribution >= 0.6 is 15.9 Å². The molecule has 138 valence electrons. The first-order chi connectivity index (χ1) is 13.2. The van der Waals surface area contributed by atoms with E-state index in [1.165, 1.54) is 10.2 Å². The number of amides is 1. The number of carbonyl (C=O) groups excluding carboxylic acids is 1. The molecule has 27 heavy (non-hydrogen) atoms. The molecule has 1 saturated heterocycles. The molecule has 4 rings (SSSR count). The van der Waals surface area contributed by atoms with Gasteiger partial charge in [-0.1, -0.05) is 63.6 Å². The fourth-order valence-corrected chi connectivity index (χ4v) is 3.87. The van der Waals surface area contributed by atoms with E-state index in [1.807, 2.05) is 35.2 Å². The molecule has 0 N–H and O–H groups in total. The Morgan fingerprint density at radius 2 is 1.89 bits per heavy atom. The molecule has 0 bridgehead atoms. The second kappa shape index (κ2) is 8.05. The predicted molar refractivity (Wildman–Crippen MR) is 108 cm³/mol. The topological polar surface area (TPSA) is 51.0 Å². The lowest BCUT2D eigenvalue weighted by atomic mass is 9.91. The van der Waals surface area contributed by atoms with Crippen LogP contribution in [0.3, 0.4) is 0 Å². The van der Waals surface area contributed by atoms with Gasteiger partial charge in [-0.15, -0.1) is 5.10 Å². The van der Waals surface area contributed by atoms with Crippen LogP contribution in [0.25, 0.3) is 11.3 Å². The van der Waals surface area contributed by atoms with E-state index in [4.69, 9.17) is 0 Å². The minimum Gasteiger partial charge on any atom is -0.323 e. The molecule has 1 aromatic heterocycles. The van der Waals surface area contributed by atoms with Crippen LogP contribution in [-0.2, 0) is 6.42 Å². The highest BCUT2D eigenvalue weighted by atomic mass is 79.9. The summed E-state index contributed by atoms with van der Waals surface area (Å²) in [7, 11) is 0. The lowest BCUT2D eigenvalue weighted by molar-refractivity contribution is 0.163. The number of rotatable bonds is 3. The van der Waals surface area contributed by atoms with E-state index in [0.29, 0.717) is 11.6 Å². The highest BCUT2D eigenvalue weighted by molar-refractivity contribution is 9.10. The number of hydrogen-bond acceptors (Lipinski definition) is 3. The fourth-order valence-electron chi connectivity index (χ4n) is 3.61. The van der Waals surface area contributed by atoms with Gasteiger partial charge >= 0.3 is 6.03 Å². The van der Waals surface area contributed by atoms with Gasteiger partial charge in [0.1, 0.15) is 5.69 Å². The zero-order valence-corrected chi connectivity index (χ0v) is 16.5. The summed E-state index contributed by atoms with van der Waals surface area (Å²) in [5, 5.41) is 8.23. The normalized spacial score (nSPS) is 17.1. The second-order valence-corrected chi connectivity index (χ2v) is 7.90. The first kappa shape index (κ1) is 17.9. The van der Waals surface area contributed by atoms with Crippen LogP contribution in [0.4, 0.5) is 4.79 Å². The number of halogens is 1. The summed E-state index contributed by atoms with van der Waals surface area (Å²) in [6.07, 6.45) is 4.90. The van der Waals surface area contributed by atoms with E-state index in [0.717, 1.165) is 42.4 Å². The Morgan fingerprint density at radius 3 is 2.67 bits per heavy atom. The largest absolute Gasteiger partial charge is 0.346 e. The maximum atomic E-state index is 12.9. The molecule has 1 aliphatic heterocycles. The average molecular weight is 425 g/mol. The highest BCUT2D eigenvalue weighted by Crippen LogP contribution is 2.23. The Kier molecular flexibility index (Phi) is 5.34. The van der Waals surface area contributed by atoms with Crippen molar-refractivity contribution >= 4 is 22.0 Å². The van der Waals surface area contributed by atoms with Crippen LogP contribution in [0.5, 0.6) is 0 Å². The number of likely N-dealkylation sites (tertiary alicyclic amines) is 1. The van der Waals surface area contributed by atoms with Gasteiger partial charge in [-0.3, -0.25) is 0 Å². The molecule has 1 unspecified atom stereocenters. The fraction of sp³-hybridized carbons (Fsp3) is 0.286. The van der Waals surface area contributed by atoms with Crippen molar-refractivity contribution in [3.05, 3.63) is 70.8 Å². The maximum Gasteiger partial charge on any atom is 0.346 e. The molecule has 6 heteroatoms. The van der Waals surface area contributed by atoms with Crippen LogP contribution in [0, 0.1) is 5.92 Å². The lowest BCUT2D eigenvalue weighted by Gasteiger charge is -2.32. The first-order valence-electron chi connectivity index (χ1n) is 9.20. The summed E-state index contributed by atoms with van der Waals surface area (Å²) < 4.78 is 2.37. The molecular weight excluding hydrogens is 404 g/mol. The van der Waals surface area contributed by atoms with Crippen LogP contribution in [-0.4, -0.2) is 39.0 Å². The van der Waals surface area contributed by atoms with Crippen LogP contribution < -0.4 is 0 Å². The Balaban J connectivity index is 1.44. The maximum absolute atomic E-state index is 12.9. The Labute approximate surface area is 167 Å². The van der Waals surface area contributed by atoms with Gasteiger partial charge in [-0.25, -0.2) is 4.79 Å². The van der Waals surface area contributed by atoms with E-state index in [2.05, 4.69) is 50.5 Å². The van der Waals surface area contributed by atoms with E-state index in [1.54, 1.807) is 6.20 Å². The van der Waals surface area contributed by atoms with E-state index < -0.39 is 0 Å². The predicted octanol–water partition coefficient (Wildman–Crippen LogP) is 4.63. The quantitative estimate of drug-likeness (QED) is 0.615. The Bertz CT molecular complexity index is 907. The first-order valence-corrected chi connectivity index (χ1v) is 10.00. The summed E-state index contributed by atoms with van der Waals surface area (Å²) in [4.78, 5) is 14.8. The number of benzene rings is 2. The summed E-state index contributed by atoms with van der Waals surface area (Å²) in [6.45, 7) is 1.54. The number of piperidine rings is 1. The number of nitrogens with zero attached hydrogens (tertiary/aromatic N) is 4. The number of aromatic nitrogens is 3. The van der Waals surface area contributed by atoms with Gasteiger partial charge < -0.3 is 4.90 Å². The molecule has 0 radical (unpaired) electrons. The lowest BCUT2D eigenvalue weighted by Crippen LogP contribution is -2.42.